The van der Waals surface area contributed by atoms with Gasteiger partial charge in [-0.25, -0.2) is 9.48 Å². The van der Waals surface area contributed by atoms with E-state index in [2.05, 4.69) is 26.0 Å². The zero-order valence-corrected chi connectivity index (χ0v) is 13.6. The number of piperidine rings is 1. The van der Waals surface area contributed by atoms with Crippen molar-refractivity contribution in [1.82, 2.24) is 19.9 Å². The fraction of sp³-hybridized carbons (Fsp3) is 0.412. The van der Waals surface area contributed by atoms with E-state index >= 15 is 0 Å². The van der Waals surface area contributed by atoms with Crippen molar-refractivity contribution in [1.29, 1.82) is 5.26 Å². The summed E-state index contributed by atoms with van der Waals surface area (Å²) in [5.41, 5.74) is 2.04. The van der Waals surface area contributed by atoms with Gasteiger partial charge in [0.05, 0.1) is 31.0 Å². The van der Waals surface area contributed by atoms with Crippen molar-refractivity contribution >= 4 is 5.97 Å². The summed E-state index contributed by atoms with van der Waals surface area (Å²) in [7, 11) is 1.33. The number of aromatic nitrogens is 3. The Hall–Kier alpha value is -2.72. The number of rotatable bonds is 4. The van der Waals surface area contributed by atoms with Crippen LogP contribution in [0.15, 0.2) is 30.5 Å². The van der Waals surface area contributed by atoms with Gasteiger partial charge in [0.25, 0.3) is 0 Å². The number of likely N-dealkylation sites (tertiary alicyclic amines) is 1. The molecule has 1 saturated heterocycles. The smallest absolute Gasteiger partial charge is 0.360 e. The van der Waals surface area contributed by atoms with Crippen LogP contribution in [-0.2, 0) is 11.3 Å². The van der Waals surface area contributed by atoms with Crippen LogP contribution >= 0.6 is 0 Å². The number of methoxy groups -OCH3 is 1. The zero-order chi connectivity index (χ0) is 16.9. The van der Waals surface area contributed by atoms with Gasteiger partial charge in [-0.15, -0.1) is 5.10 Å². The number of hydrogen-bond donors (Lipinski definition) is 0. The van der Waals surface area contributed by atoms with E-state index < -0.39 is 5.97 Å². The fourth-order valence-corrected chi connectivity index (χ4v) is 3.00. The molecule has 7 heteroatoms. The minimum absolute atomic E-state index is 0.235. The van der Waals surface area contributed by atoms with Crippen LogP contribution in [-0.4, -0.2) is 46.1 Å². The summed E-state index contributed by atoms with van der Waals surface area (Å²) in [4.78, 5) is 13.8. The van der Waals surface area contributed by atoms with E-state index in [0.29, 0.717) is 0 Å². The maximum atomic E-state index is 11.5. The van der Waals surface area contributed by atoms with Crippen LogP contribution in [0.25, 0.3) is 0 Å². The van der Waals surface area contributed by atoms with Gasteiger partial charge in [-0.1, -0.05) is 23.4 Å². The van der Waals surface area contributed by atoms with Gasteiger partial charge in [-0.2, -0.15) is 5.26 Å². The molecule has 0 aliphatic carbocycles. The van der Waals surface area contributed by atoms with Crippen LogP contribution in [0.2, 0.25) is 0 Å². The Labute approximate surface area is 140 Å². The van der Waals surface area contributed by atoms with Gasteiger partial charge < -0.3 is 4.74 Å². The molecule has 1 fully saturated rings. The van der Waals surface area contributed by atoms with Crippen LogP contribution in [0.5, 0.6) is 0 Å². The molecule has 2 aromatic rings. The second-order valence-corrected chi connectivity index (χ2v) is 5.85. The highest BCUT2D eigenvalue weighted by atomic mass is 16.5. The minimum Gasteiger partial charge on any atom is -0.464 e. The predicted molar refractivity (Wildman–Crippen MR) is 86.1 cm³/mol. The standard InChI is InChI=1S/C17H19N5O2/c1-24-17(23)16-12-22(20-19-16)15-6-8-21(9-7-15)11-14-5-3-2-4-13(14)10-18/h2-5,12,15H,6-9,11H2,1H3. The molecule has 3 rings (SSSR count). The molecule has 0 N–H and O–H groups in total. The lowest BCUT2D eigenvalue weighted by molar-refractivity contribution is 0.0594. The molecule has 1 aromatic carbocycles. The molecule has 1 aromatic heterocycles. The van der Waals surface area contributed by atoms with Gasteiger partial charge in [0.2, 0.25) is 0 Å². The lowest BCUT2D eigenvalue weighted by atomic mass is 10.0. The van der Waals surface area contributed by atoms with Crippen LogP contribution in [0.3, 0.4) is 0 Å². The number of nitriles is 1. The van der Waals surface area contributed by atoms with Gasteiger partial charge >= 0.3 is 5.97 Å². The second kappa shape index (κ2) is 7.23. The molecule has 124 valence electrons. The van der Waals surface area contributed by atoms with Gasteiger partial charge in [-0.3, -0.25) is 4.90 Å². The van der Waals surface area contributed by atoms with Crippen LogP contribution in [0.4, 0.5) is 0 Å². The van der Waals surface area contributed by atoms with E-state index in [-0.39, 0.29) is 11.7 Å². The van der Waals surface area contributed by atoms with Gasteiger partial charge in [-0.05, 0) is 24.5 Å². The number of benzene rings is 1. The maximum Gasteiger partial charge on any atom is 0.360 e. The van der Waals surface area contributed by atoms with Crippen molar-refractivity contribution in [3.63, 3.8) is 0 Å². The Bertz CT molecular complexity index is 756. The number of hydrogen-bond acceptors (Lipinski definition) is 6. The van der Waals surface area contributed by atoms with E-state index in [1.54, 1.807) is 10.9 Å². The Morgan fingerprint density at radius 2 is 2.12 bits per heavy atom. The first-order valence-corrected chi connectivity index (χ1v) is 7.91. The third kappa shape index (κ3) is 3.44. The molecule has 7 nitrogen and oxygen atoms in total. The molecule has 0 radical (unpaired) electrons. The number of carbonyl (C=O) groups excluding carboxylic acids is 1. The Morgan fingerprint density at radius 1 is 1.38 bits per heavy atom. The first-order valence-electron chi connectivity index (χ1n) is 7.91. The number of carbonyl (C=O) groups is 1. The molecular weight excluding hydrogens is 306 g/mol. The third-order valence-corrected chi connectivity index (χ3v) is 4.37. The molecule has 0 amide bonds. The van der Waals surface area contributed by atoms with E-state index in [9.17, 15) is 10.1 Å². The summed E-state index contributed by atoms with van der Waals surface area (Å²) in [6.07, 6.45) is 3.51. The topological polar surface area (TPSA) is 84.0 Å². The molecule has 1 aliphatic rings. The summed E-state index contributed by atoms with van der Waals surface area (Å²) in [5, 5.41) is 17.1. The first kappa shape index (κ1) is 16.1. The Kier molecular flexibility index (Phi) is 4.87. The highest BCUT2D eigenvalue weighted by Crippen LogP contribution is 2.23. The second-order valence-electron chi connectivity index (χ2n) is 5.85. The molecule has 2 heterocycles. The summed E-state index contributed by atoms with van der Waals surface area (Å²) >= 11 is 0. The van der Waals surface area contributed by atoms with Crippen molar-refractivity contribution in [3.8, 4) is 6.07 Å². The van der Waals surface area contributed by atoms with E-state index in [1.807, 2.05) is 24.3 Å². The number of nitrogens with zero attached hydrogens (tertiary/aromatic N) is 5. The van der Waals surface area contributed by atoms with Crippen molar-refractivity contribution in [2.75, 3.05) is 20.2 Å². The molecule has 0 atom stereocenters. The predicted octanol–water partition coefficient (Wildman–Crippen LogP) is 1.77. The highest BCUT2D eigenvalue weighted by Gasteiger charge is 2.23. The Morgan fingerprint density at radius 3 is 2.83 bits per heavy atom. The van der Waals surface area contributed by atoms with Gasteiger partial charge in [0.1, 0.15) is 0 Å². The molecule has 1 aliphatic heterocycles. The lowest BCUT2D eigenvalue weighted by Crippen LogP contribution is -2.34. The van der Waals surface area contributed by atoms with Gasteiger partial charge in [0, 0.05) is 19.6 Å². The lowest BCUT2D eigenvalue weighted by Gasteiger charge is -2.31. The summed E-state index contributed by atoms with van der Waals surface area (Å²) < 4.78 is 6.41. The van der Waals surface area contributed by atoms with Gasteiger partial charge in [0.15, 0.2) is 5.69 Å². The molecule has 0 bridgehead atoms. The molecule has 0 unspecified atom stereocenters. The van der Waals surface area contributed by atoms with E-state index in [4.69, 9.17) is 0 Å². The average molecular weight is 325 g/mol. The van der Waals surface area contributed by atoms with Crippen LogP contribution < -0.4 is 0 Å². The normalized spacial score (nSPS) is 15.8. The number of ether oxygens (including phenoxy) is 1. The first-order chi connectivity index (χ1) is 11.7. The average Bonchev–Trinajstić information content (AvgIpc) is 3.12. The highest BCUT2D eigenvalue weighted by molar-refractivity contribution is 5.86. The van der Waals surface area contributed by atoms with Crippen molar-refractivity contribution in [2.45, 2.75) is 25.4 Å². The maximum absolute atomic E-state index is 11.5. The largest absolute Gasteiger partial charge is 0.464 e. The fourth-order valence-electron chi connectivity index (χ4n) is 3.00. The van der Waals surface area contributed by atoms with E-state index in [0.717, 1.165) is 43.6 Å². The van der Waals surface area contributed by atoms with Crippen molar-refractivity contribution in [3.05, 3.63) is 47.3 Å². The summed E-state index contributed by atoms with van der Waals surface area (Å²) in [6.45, 7) is 2.61. The SMILES string of the molecule is COC(=O)c1cn(C2CCN(Cc3ccccc3C#N)CC2)nn1. The minimum atomic E-state index is -0.466. The monoisotopic (exact) mass is 325 g/mol. The van der Waals surface area contributed by atoms with Crippen LogP contribution in [0.1, 0.15) is 40.5 Å². The third-order valence-electron chi connectivity index (χ3n) is 4.37. The summed E-state index contributed by atoms with van der Waals surface area (Å²) in [6, 6.07) is 10.2. The quantitative estimate of drug-likeness (QED) is 0.797. The molecule has 24 heavy (non-hydrogen) atoms. The zero-order valence-electron chi connectivity index (χ0n) is 13.6. The molecule has 0 saturated carbocycles. The summed E-state index contributed by atoms with van der Waals surface area (Å²) in [5.74, 6) is -0.466. The van der Waals surface area contributed by atoms with E-state index in [1.165, 1.54) is 7.11 Å². The Balaban J connectivity index is 1.59. The molecular formula is C17H19N5O2. The number of esters is 1. The molecule has 0 spiro atoms. The van der Waals surface area contributed by atoms with Crippen molar-refractivity contribution in [2.24, 2.45) is 0 Å². The van der Waals surface area contributed by atoms with Crippen LogP contribution in [0, 0.1) is 11.3 Å². The van der Waals surface area contributed by atoms with Crippen molar-refractivity contribution < 1.29 is 9.53 Å².